The van der Waals surface area contributed by atoms with E-state index in [2.05, 4.69) is 32.5 Å². The number of nitrogens with one attached hydrogen (secondary N) is 1. The van der Waals surface area contributed by atoms with Crippen molar-refractivity contribution >= 4 is 31.6 Å². The van der Waals surface area contributed by atoms with Crippen molar-refractivity contribution in [2.75, 3.05) is 31.9 Å². The Bertz CT molecular complexity index is 584. The summed E-state index contributed by atoms with van der Waals surface area (Å²) in [6.45, 7) is 5.83. The molecule has 1 aliphatic heterocycles. The molecule has 0 unspecified atom stereocenters. The zero-order valence-electron chi connectivity index (χ0n) is 12.2. The van der Waals surface area contributed by atoms with E-state index < -0.39 is 10.0 Å². The number of benzene rings is 1. The van der Waals surface area contributed by atoms with E-state index in [1.165, 1.54) is 12.1 Å². The first-order valence-electron chi connectivity index (χ1n) is 7.19. The van der Waals surface area contributed by atoms with E-state index in [0.717, 1.165) is 32.5 Å². The maximum Gasteiger partial charge on any atom is 0.240 e. The van der Waals surface area contributed by atoms with Crippen LogP contribution in [0.2, 0.25) is 0 Å². The van der Waals surface area contributed by atoms with Crippen LogP contribution in [-0.4, -0.2) is 39.5 Å². The van der Waals surface area contributed by atoms with Crippen LogP contribution in [0.25, 0.3) is 0 Å². The zero-order chi connectivity index (χ0) is 15.5. The number of halogens is 1. The molecule has 118 valence electrons. The second kappa shape index (κ2) is 7.09. The summed E-state index contributed by atoms with van der Waals surface area (Å²) in [6.07, 6.45) is 2.09. The van der Waals surface area contributed by atoms with Crippen molar-refractivity contribution in [2.45, 2.75) is 24.7 Å². The monoisotopic (exact) mass is 375 g/mol. The van der Waals surface area contributed by atoms with E-state index in [1.807, 2.05) is 0 Å². The molecule has 1 aromatic carbocycles. The van der Waals surface area contributed by atoms with Gasteiger partial charge in [0.2, 0.25) is 10.0 Å². The molecule has 21 heavy (non-hydrogen) atoms. The molecule has 0 saturated carbocycles. The minimum atomic E-state index is -3.47. The summed E-state index contributed by atoms with van der Waals surface area (Å²) >= 11 is 3.26. The van der Waals surface area contributed by atoms with Crippen molar-refractivity contribution in [3.05, 3.63) is 22.7 Å². The average Bonchev–Trinajstić information content (AvgIpc) is 2.48. The number of nitrogens with zero attached hydrogens (tertiary/aromatic N) is 1. The van der Waals surface area contributed by atoms with Crippen LogP contribution >= 0.6 is 15.9 Å². The summed E-state index contributed by atoms with van der Waals surface area (Å²) in [5, 5.41) is 0. The Hall–Kier alpha value is -0.630. The predicted molar refractivity (Wildman–Crippen MR) is 88.6 cm³/mol. The molecule has 1 saturated heterocycles. The highest BCUT2D eigenvalue weighted by molar-refractivity contribution is 9.10. The van der Waals surface area contributed by atoms with Crippen molar-refractivity contribution in [2.24, 2.45) is 5.92 Å². The van der Waals surface area contributed by atoms with Crippen LogP contribution < -0.4 is 10.5 Å². The highest BCUT2D eigenvalue weighted by Gasteiger charge is 2.21. The first kappa shape index (κ1) is 16.7. The van der Waals surface area contributed by atoms with E-state index in [1.54, 1.807) is 6.07 Å². The van der Waals surface area contributed by atoms with Gasteiger partial charge in [-0.25, -0.2) is 13.1 Å². The topological polar surface area (TPSA) is 75.4 Å². The Morgan fingerprint density at radius 2 is 2.05 bits per heavy atom. The van der Waals surface area contributed by atoms with Crippen LogP contribution in [0.1, 0.15) is 19.8 Å². The maximum absolute atomic E-state index is 12.3. The van der Waals surface area contributed by atoms with E-state index >= 15 is 0 Å². The number of nitrogens with two attached hydrogens (primary N) is 1. The van der Waals surface area contributed by atoms with Crippen LogP contribution in [0.4, 0.5) is 5.69 Å². The van der Waals surface area contributed by atoms with Gasteiger partial charge in [-0.3, -0.25) is 0 Å². The molecule has 0 spiro atoms. The largest absolute Gasteiger partial charge is 0.398 e. The second-order valence-corrected chi connectivity index (χ2v) is 8.03. The lowest BCUT2D eigenvalue weighted by atomic mass is 9.97. The molecule has 0 amide bonds. The molecular formula is C14H22BrN3O2S. The molecule has 0 bridgehead atoms. The number of anilines is 1. The third-order valence-electron chi connectivity index (χ3n) is 4.00. The fraction of sp³-hybridized carbons (Fsp3) is 0.571. The molecule has 0 radical (unpaired) electrons. The van der Waals surface area contributed by atoms with E-state index in [0.29, 0.717) is 22.6 Å². The van der Waals surface area contributed by atoms with Gasteiger partial charge in [0, 0.05) is 16.7 Å². The lowest BCUT2D eigenvalue weighted by molar-refractivity contribution is 0.194. The quantitative estimate of drug-likeness (QED) is 0.772. The van der Waals surface area contributed by atoms with Gasteiger partial charge in [0.15, 0.2) is 0 Å². The molecule has 7 heteroatoms. The zero-order valence-corrected chi connectivity index (χ0v) is 14.6. The summed E-state index contributed by atoms with van der Waals surface area (Å²) < 4.78 is 27.9. The fourth-order valence-corrected chi connectivity index (χ4v) is 4.16. The molecule has 0 atom stereocenters. The molecular weight excluding hydrogens is 354 g/mol. The Kier molecular flexibility index (Phi) is 5.65. The van der Waals surface area contributed by atoms with Crippen LogP contribution in [0, 0.1) is 5.92 Å². The Labute approximate surface area is 135 Å². The molecule has 1 fully saturated rings. The highest BCUT2D eigenvalue weighted by Crippen LogP contribution is 2.23. The second-order valence-electron chi connectivity index (χ2n) is 5.41. The van der Waals surface area contributed by atoms with E-state index in [4.69, 9.17) is 5.73 Å². The fourth-order valence-electron chi connectivity index (χ4n) is 2.49. The van der Waals surface area contributed by atoms with Gasteiger partial charge < -0.3 is 10.6 Å². The molecule has 5 nitrogen and oxygen atoms in total. The molecule has 1 heterocycles. The minimum Gasteiger partial charge on any atom is -0.398 e. The molecule has 3 N–H and O–H groups in total. The molecule has 0 aromatic heterocycles. The number of rotatable bonds is 5. The summed E-state index contributed by atoms with van der Waals surface area (Å²) in [5.41, 5.74) is 6.21. The Morgan fingerprint density at radius 3 is 2.62 bits per heavy atom. The molecule has 1 aromatic rings. The van der Waals surface area contributed by atoms with Gasteiger partial charge in [-0.1, -0.05) is 6.92 Å². The average molecular weight is 376 g/mol. The van der Waals surface area contributed by atoms with Gasteiger partial charge in [0.1, 0.15) is 0 Å². The number of piperidine rings is 1. The molecule has 1 aliphatic rings. The number of nitrogen functional groups attached to an aromatic ring is 1. The number of sulfonamides is 1. The van der Waals surface area contributed by atoms with Gasteiger partial charge in [-0.15, -0.1) is 0 Å². The smallest absolute Gasteiger partial charge is 0.240 e. The van der Waals surface area contributed by atoms with Gasteiger partial charge in [0.25, 0.3) is 0 Å². The SMILES string of the molecule is CCN1CCC(CNS(=O)(=O)c2ccc(N)c(Br)c2)CC1. The lowest BCUT2D eigenvalue weighted by Crippen LogP contribution is -2.38. The molecule has 2 rings (SSSR count). The third kappa shape index (κ3) is 4.42. The van der Waals surface area contributed by atoms with Crippen LogP contribution in [0.3, 0.4) is 0 Å². The third-order valence-corrected chi connectivity index (χ3v) is 6.11. The first-order chi connectivity index (χ1) is 9.92. The number of hydrogen-bond acceptors (Lipinski definition) is 4. The van der Waals surface area contributed by atoms with E-state index in [9.17, 15) is 8.42 Å². The predicted octanol–water partition coefficient (Wildman–Crippen LogP) is 2.04. The number of likely N-dealkylation sites (tertiary alicyclic amines) is 1. The van der Waals surface area contributed by atoms with Crippen molar-refractivity contribution < 1.29 is 8.42 Å². The standard InChI is InChI=1S/C14H22BrN3O2S/c1-2-18-7-5-11(6-8-18)10-17-21(19,20)12-3-4-14(16)13(15)9-12/h3-4,9,11,17H,2,5-8,10,16H2,1H3. The van der Waals surface area contributed by atoms with Crippen LogP contribution in [-0.2, 0) is 10.0 Å². The maximum atomic E-state index is 12.3. The highest BCUT2D eigenvalue weighted by atomic mass is 79.9. The van der Waals surface area contributed by atoms with Crippen molar-refractivity contribution in [3.8, 4) is 0 Å². The minimum absolute atomic E-state index is 0.245. The van der Waals surface area contributed by atoms with Gasteiger partial charge in [-0.2, -0.15) is 0 Å². The Balaban J connectivity index is 1.94. The normalized spacial score (nSPS) is 18.0. The van der Waals surface area contributed by atoms with Crippen molar-refractivity contribution in [1.29, 1.82) is 0 Å². The van der Waals surface area contributed by atoms with Gasteiger partial charge in [-0.05, 0) is 72.5 Å². The summed E-state index contributed by atoms with van der Waals surface area (Å²) in [4.78, 5) is 2.64. The van der Waals surface area contributed by atoms with Gasteiger partial charge >= 0.3 is 0 Å². The van der Waals surface area contributed by atoms with Crippen LogP contribution in [0.5, 0.6) is 0 Å². The van der Waals surface area contributed by atoms with Crippen LogP contribution in [0.15, 0.2) is 27.6 Å². The number of hydrogen-bond donors (Lipinski definition) is 2. The van der Waals surface area contributed by atoms with Crippen molar-refractivity contribution in [1.82, 2.24) is 9.62 Å². The summed E-state index contributed by atoms with van der Waals surface area (Å²) in [5.74, 6) is 0.416. The lowest BCUT2D eigenvalue weighted by Gasteiger charge is -2.30. The first-order valence-corrected chi connectivity index (χ1v) is 9.47. The van der Waals surface area contributed by atoms with E-state index in [-0.39, 0.29) is 4.90 Å². The van der Waals surface area contributed by atoms with Crippen molar-refractivity contribution in [3.63, 3.8) is 0 Å². The van der Waals surface area contributed by atoms with Gasteiger partial charge in [0.05, 0.1) is 4.90 Å². The Morgan fingerprint density at radius 1 is 1.38 bits per heavy atom. The molecule has 0 aliphatic carbocycles. The summed E-state index contributed by atoms with van der Waals surface area (Å²) in [7, 11) is -3.47. The summed E-state index contributed by atoms with van der Waals surface area (Å²) in [6, 6.07) is 4.66.